The van der Waals surface area contributed by atoms with Crippen LogP contribution in [0.3, 0.4) is 0 Å². The average Bonchev–Trinajstić information content (AvgIpc) is 3.39. The number of benzene rings is 1. The molecule has 8 nitrogen and oxygen atoms in total. The molecule has 0 bridgehead atoms. The zero-order valence-electron chi connectivity index (χ0n) is 18.4. The highest BCUT2D eigenvalue weighted by Gasteiger charge is 2.30. The van der Waals surface area contributed by atoms with E-state index in [-0.39, 0.29) is 12.5 Å². The number of amides is 1. The van der Waals surface area contributed by atoms with Crippen molar-refractivity contribution in [3.63, 3.8) is 0 Å². The number of carbonyl (C=O) groups excluding carboxylic acids is 1. The summed E-state index contributed by atoms with van der Waals surface area (Å²) in [6, 6.07) is 5.20. The fourth-order valence-electron chi connectivity index (χ4n) is 4.44. The van der Waals surface area contributed by atoms with Crippen LogP contribution in [0.2, 0.25) is 0 Å². The van der Waals surface area contributed by atoms with Crippen LogP contribution in [0, 0.1) is 13.8 Å². The lowest BCUT2D eigenvalue weighted by Gasteiger charge is -2.31. The highest BCUT2D eigenvalue weighted by Crippen LogP contribution is 2.31. The van der Waals surface area contributed by atoms with Gasteiger partial charge in [-0.15, -0.1) is 0 Å². The van der Waals surface area contributed by atoms with E-state index in [1.165, 1.54) is 0 Å². The maximum Gasteiger partial charge on any atom is 0.243 e. The topological polar surface area (TPSA) is 87.0 Å². The Morgan fingerprint density at radius 2 is 1.90 bits per heavy atom. The van der Waals surface area contributed by atoms with Crippen LogP contribution in [0.15, 0.2) is 27.6 Å². The quantitative estimate of drug-likeness (QED) is 0.678. The van der Waals surface area contributed by atoms with E-state index in [2.05, 4.69) is 5.16 Å². The normalized spacial score (nSPS) is 17.4. The first-order valence-electron chi connectivity index (χ1n) is 10.8. The van der Waals surface area contributed by atoms with E-state index in [9.17, 15) is 13.2 Å². The zero-order valence-corrected chi connectivity index (χ0v) is 19.2. The lowest BCUT2D eigenvalue weighted by atomic mass is 10.0. The third-order valence-electron chi connectivity index (χ3n) is 6.19. The third kappa shape index (κ3) is 4.40. The van der Waals surface area contributed by atoms with Crippen molar-refractivity contribution in [1.29, 1.82) is 0 Å². The van der Waals surface area contributed by atoms with Gasteiger partial charge in [0.25, 0.3) is 0 Å². The third-order valence-corrected chi connectivity index (χ3v) is 8.08. The highest BCUT2D eigenvalue weighted by molar-refractivity contribution is 7.89. The van der Waals surface area contributed by atoms with Crippen molar-refractivity contribution in [3.05, 3.63) is 40.8 Å². The summed E-state index contributed by atoms with van der Waals surface area (Å²) in [6.07, 6.45) is 3.42. The van der Waals surface area contributed by atoms with Crippen molar-refractivity contribution in [3.8, 4) is 0 Å². The Hall–Kier alpha value is -2.23. The predicted molar refractivity (Wildman–Crippen MR) is 117 cm³/mol. The SMILES string of the molecule is Cc1noc(C)c1CN(C)CC(=O)N1CCCc2cc(S(=O)(=O)N3CCCC3)ccc21. The molecule has 3 heterocycles. The molecular weight excluding hydrogens is 416 g/mol. The molecule has 2 aliphatic heterocycles. The molecule has 1 aromatic carbocycles. The zero-order chi connectivity index (χ0) is 22.2. The number of anilines is 1. The van der Waals surface area contributed by atoms with Crippen molar-refractivity contribution in [2.75, 3.05) is 38.1 Å². The fraction of sp³-hybridized carbons (Fsp3) is 0.545. The molecule has 31 heavy (non-hydrogen) atoms. The van der Waals surface area contributed by atoms with Gasteiger partial charge in [-0.3, -0.25) is 9.69 Å². The number of carbonyl (C=O) groups is 1. The Kier molecular flexibility index (Phi) is 6.18. The lowest BCUT2D eigenvalue weighted by molar-refractivity contribution is -0.119. The first-order valence-corrected chi connectivity index (χ1v) is 12.2. The lowest BCUT2D eigenvalue weighted by Crippen LogP contribution is -2.41. The van der Waals surface area contributed by atoms with E-state index in [1.54, 1.807) is 27.4 Å². The predicted octanol–water partition coefficient (Wildman–Crippen LogP) is 2.49. The number of likely N-dealkylation sites (N-methyl/N-ethyl adjacent to an activating group) is 1. The van der Waals surface area contributed by atoms with Crippen molar-refractivity contribution in [2.24, 2.45) is 0 Å². The van der Waals surface area contributed by atoms with Gasteiger partial charge in [0.05, 0.1) is 17.1 Å². The van der Waals surface area contributed by atoms with E-state index in [1.807, 2.05) is 25.8 Å². The Bertz CT molecular complexity index is 1050. The number of hydrogen-bond donors (Lipinski definition) is 0. The van der Waals surface area contributed by atoms with Crippen LogP contribution in [0.5, 0.6) is 0 Å². The molecule has 0 radical (unpaired) electrons. The first-order chi connectivity index (χ1) is 14.8. The summed E-state index contributed by atoms with van der Waals surface area (Å²) in [5.41, 5.74) is 3.59. The van der Waals surface area contributed by atoms with E-state index < -0.39 is 10.0 Å². The van der Waals surface area contributed by atoms with Crippen molar-refractivity contribution >= 4 is 21.6 Å². The Morgan fingerprint density at radius 1 is 1.16 bits per heavy atom. The summed E-state index contributed by atoms with van der Waals surface area (Å²) < 4.78 is 32.6. The molecular formula is C22H30N4O4S. The minimum Gasteiger partial charge on any atom is -0.361 e. The molecule has 1 aromatic heterocycles. The smallest absolute Gasteiger partial charge is 0.243 e. The van der Waals surface area contributed by atoms with E-state index >= 15 is 0 Å². The molecule has 1 amide bonds. The molecule has 9 heteroatoms. The van der Waals surface area contributed by atoms with Gasteiger partial charge in [-0.05, 0) is 70.3 Å². The molecule has 168 valence electrons. The second kappa shape index (κ2) is 8.72. The average molecular weight is 447 g/mol. The molecule has 2 aromatic rings. The summed E-state index contributed by atoms with van der Waals surface area (Å²) in [6.45, 7) is 6.43. The standard InChI is InChI=1S/C22H30N4O4S/c1-16-20(17(2)30-23-16)14-24(3)15-22(27)26-12-6-7-18-13-19(8-9-21(18)26)31(28,29)25-10-4-5-11-25/h8-9,13H,4-7,10-12,14-15H2,1-3H3. The molecule has 0 spiro atoms. The number of nitrogens with zero attached hydrogens (tertiary/aromatic N) is 4. The molecule has 0 saturated carbocycles. The van der Waals surface area contributed by atoms with E-state index in [0.29, 0.717) is 31.1 Å². The van der Waals surface area contributed by atoms with E-state index in [4.69, 9.17) is 4.52 Å². The van der Waals surface area contributed by atoms with Gasteiger partial charge in [-0.2, -0.15) is 4.31 Å². The maximum absolute atomic E-state index is 13.1. The Morgan fingerprint density at radius 3 is 2.58 bits per heavy atom. The second-order valence-corrected chi connectivity index (χ2v) is 10.5. The van der Waals surface area contributed by atoms with Crippen LogP contribution < -0.4 is 4.90 Å². The summed E-state index contributed by atoms with van der Waals surface area (Å²) >= 11 is 0. The first kappa shape index (κ1) is 22.0. The fourth-order valence-corrected chi connectivity index (χ4v) is 6.01. The van der Waals surface area contributed by atoms with Gasteiger partial charge in [0.1, 0.15) is 5.76 Å². The molecule has 0 unspecified atom stereocenters. The number of aromatic nitrogens is 1. The molecule has 1 saturated heterocycles. The van der Waals surface area contributed by atoms with Gasteiger partial charge in [-0.25, -0.2) is 8.42 Å². The molecule has 0 aliphatic carbocycles. The second-order valence-electron chi connectivity index (χ2n) is 8.53. The van der Waals surface area contributed by atoms with Crippen LogP contribution in [0.25, 0.3) is 0 Å². The van der Waals surface area contributed by atoms with Gasteiger partial charge in [0, 0.05) is 37.4 Å². The van der Waals surface area contributed by atoms with Gasteiger partial charge in [0.2, 0.25) is 15.9 Å². The number of fused-ring (bicyclic) bond motifs is 1. The van der Waals surface area contributed by atoms with E-state index in [0.717, 1.165) is 54.0 Å². The van der Waals surface area contributed by atoms with Crippen LogP contribution in [-0.4, -0.2) is 61.9 Å². The minimum atomic E-state index is -3.46. The highest BCUT2D eigenvalue weighted by atomic mass is 32.2. The van der Waals surface area contributed by atoms with Crippen LogP contribution in [-0.2, 0) is 27.8 Å². The number of aryl methyl sites for hydroxylation is 3. The Balaban J connectivity index is 1.49. The number of rotatable bonds is 6. The van der Waals surface area contributed by atoms with Crippen molar-refractivity contribution in [2.45, 2.75) is 51.0 Å². The molecule has 4 rings (SSSR count). The molecule has 0 N–H and O–H groups in total. The van der Waals surface area contributed by atoms with Crippen molar-refractivity contribution < 1.29 is 17.7 Å². The summed E-state index contributed by atoms with van der Waals surface area (Å²) in [5, 5.41) is 3.97. The van der Waals surface area contributed by atoms with Gasteiger partial charge >= 0.3 is 0 Å². The largest absolute Gasteiger partial charge is 0.361 e. The van der Waals surface area contributed by atoms with Crippen LogP contribution in [0.4, 0.5) is 5.69 Å². The maximum atomic E-state index is 13.1. The van der Waals surface area contributed by atoms with Crippen LogP contribution >= 0.6 is 0 Å². The molecule has 2 aliphatic rings. The molecule has 0 atom stereocenters. The van der Waals surface area contributed by atoms with Crippen molar-refractivity contribution in [1.82, 2.24) is 14.4 Å². The van der Waals surface area contributed by atoms with Gasteiger partial charge < -0.3 is 9.42 Å². The monoisotopic (exact) mass is 446 g/mol. The Labute approximate surface area is 183 Å². The number of hydrogen-bond acceptors (Lipinski definition) is 6. The molecule has 1 fully saturated rings. The van der Waals surface area contributed by atoms with Gasteiger partial charge in [-0.1, -0.05) is 5.16 Å². The summed E-state index contributed by atoms with van der Waals surface area (Å²) in [5.74, 6) is 0.775. The number of sulfonamides is 1. The van der Waals surface area contributed by atoms with Crippen LogP contribution in [0.1, 0.15) is 41.8 Å². The summed E-state index contributed by atoms with van der Waals surface area (Å²) in [7, 11) is -1.56. The minimum absolute atomic E-state index is 0.00496. The van der Waals surface area contributed by atoms with Gasteiger partial charge in [0.15, 0.2) is 0 Å². The summed E-state index contributed by atoms with van der Waals surface area (Å²) in [4.78, 5) is 17.2.